The highest BCUT2D eigenvalue weighted by molar-refractivity contribution is 5.69. The van der Waals surface area contributed by atoms with E-state index in [9.17, 15) is 0 Å². The molecule has 0 saturated carbocycles. The smallest absolute Gasteiger partial charge is 0.220 e. The van der Waals surface area contributed by atoms with E-state index in [0.717, 1.165) is 28.5 Å². The number of fused-ring (bicyclic) bond motifs is 2. The monoisotopic (exact) mass is 309 g/mol. The highest BCUT2D eigenvalue weighted by Crippen LogP contribution is 2.22. The van der Waals surface area contributed by atoms with Gasteiger partial charge in [-0.3, -0.25) is 0 Å². The number of nitrogens with one attached hydrogen (secondary N) is 2. The molecule has 4 rings (SSSR count). The van der Waals surface area contributed by atoms with Gasteiger partial charge in [-0.1, -0.05) is 19.1 Å². The molecular weight excluding hydrogens is 294 g/mol. The molecule has 0 aliphatic heterocycles. The lowest BCUT2D eigenvalue weighted by atomic mass is 10.1. The van der Waals surface area contributed by atoms with Crippen LogP contribution in [0.4, 0.5) is 0 Å². The van der Waals surface area contributed by atoms with Crippen molar-refractivity contribution in [3.63, 3.8) is 0 Å². The number of rotatable bonds is 3. The molecule has 0 radical (unpaired) electrons. The van der Waals surface area contributed by atoms with E-state index in [4.69, 9.17) is 0 Å². The lowest BCUT2D eigenvalue weighted by molar-refractivity contribution is 0.780. The van der Waals surface area contributed by atoms with Crippen LogP contribution in [0.2, 0.25) is 0 Å². The summed E-state index contributed by atoms with van der Waals surface area (Å²) >= 11 is 0. The number of aromatic nitrogens is 9. The maximum atomic E-state index is 4.57. The summed E-state index contributed by atoms with van der Waals surface area (Å²) in [7, 11) is 0. The molecule has 116 valence electrons. The Kier molecular flexibility index (Phi) is 3.00. The first kappa shape index (κ1) is 13.7. The molecular formula is C14H15N9. The Morgan fingerprint density at radius 3 is 2.65 bits per heavy atom. The maximum absolute atomic E-state index is 4.57. The van der Waals surface area contributed by atoms with Crippen LogP contribution in [0.1, 0.15) is 49.9 Å². The third kappa shape index (κ3) is 2.30. The fourth-order valence-electron chi connectivity index (χ4n) is 2.34. The summed E-state index contributed by atoms with van der Waals surface area (Å²) in [5.41, 5.74) is 3.32. The fourth-order valence-corrected chi connectivity index (χ4v) is 2.34. The summed E-state index contributed by atoms with van der Waals surface area (Å²) in [6.07, 6.45) is 3.44. The van der Waals surface area contributed by atoms with E-state index in [1.165, 1.54) is 0 Å². The van der Waals surface area contributed by atoms with Gasteiger partial charge in [0.1, 0.15) is 17.2 Å². The molecule has 0 aliphatic rings. The zero-order valence-corrected chi connectivity index (χ0v) is 12.9. The SMILES string of the molecule is CC(C)c1ncc2nc(C(C)c3cnc4nn[nH]c4n3)[nH]c2n1. The summed E-state index contributed by atoms with van der Waals surface area (Å²) in [4.78, 5) is 25.4. The van der Waals surface area contributed by atoms with Crippen molar-refractivity contribution in [2.24, 2.45) is 0 Å². The van der Waals surface area contributed by atoms with Gasteiger partial charge in [-0.25, -0.2) is 30.0 Å². The molecule has 0 aromatic carbocycles. The Labute approximate surface area is 131 Å². The van der Waals surface area contributed by atoms with Gasteiger partial charge in [-0.2, -0.15) is 0 Å². The van der Waals surface area contributed by atoms with Crippen LogP contribution in [0.25, 0.3) is 22.5 Å². The first-order valence-corrected chi connectivity index (χ1v) is 7.38. The fraction of sp³-hybridized carbons (Fsp3) is 0.357. The Hall–Kier alpha value is -2.97. The Balaban J connectivity index is 1.74. The molecule has 2 N–H and O–H groups in total. The van der Waals surface area contributed by atoms with Crippen molar-refractivity contribution in [2.45, 2.75) is 32.6 Å². The average molecular weight is 309 g/mol. The van der Waals surface area contributed by atoms with E-state index in [1.807, 2.05) is 6.92 Å². The highest BCUT2D eigenvalue weighted by atomic mass is 15.4. The first-order valence-electron chi connectivity index (χ1n) is 7.38. The molecule has 9 nitrogen and oxygen atoms in total. The number of hydrogen-bond donors (Lipinski definition) is 2. The van der Waals surface area contributed by atoms with Crippen molar-refractivity contribution in [1.29, 1.82) is 0 Å². The Bertz CT molecular complexity index is 984. The zero-order chi connectivity index (χ0) is 16.0. The van der Waals surface area contributed by atoms with E-state index in [-0.39, 0.29) is 11.8 Å². The molecule has 0 fully saturated rings. The molecule has 1 unspecified atom stereocenters. The van der Waals surface area contributed by atoms with Crippen molar-refractivity contribution in [1.82, 2.24) is 45.3 Å². The van der Waals surface area contributed by atoms with E-state index >= 15 is 0 Å². The van der Waals surface area contributed by atoms with Gasteiger partial charge in [0, 0.05) is 5.92 Å². The summed E-state index contributed by atoms with van der Waals surface area (Å²) in [5, 5.41) is 10.3. The van der Waals surface area contributed by atoms with Crippen LogP contribution in [0.5, 0.6) is 0 Å². The molecule has 23 heavy (non-hydrogen) atoms. The number of nitrogens with zero attached hydrogens (tertiary/aromatic N) is 7. The van der Waals surface area contributed by atoms with E-state index < -0.39 is 0 Å². The van der Waals surface area contributed by atoms with Crippen LogP contribution < -0.4 is 0 Å². The van der Waals surface area contributed by atoms with Crippen molar-refractivity contribution in [3.05, 3.63) is 29.7 Å². The second-order valence-corrected chi connectivity index (χ2v) is 5.74. The minimum absolute atomic E-state index is 0.0631. The van der Waals surface area contributed by atoms with Gasteiger partial charge >= 0.3 is 0 Å². The van der Waals surface area contributed by atoms with Gasteiger partial charge in [-0.15, -0.1) is 5.10 Å². The van der Waals surface area contributed by atoms with E-state index in [2.05, 4.69) is 59.2 Å². The molecule has 0 amide bonds. The molecule has 0 spiro atoms. The van der Waals surface area contributed by atoms with E-state index in [1.54, 1.807) is 12.4 Å². The summed E-state index contributed by atoms with van der Waals surface area (Å²) < 4.78 is 0. The highest BCUT2D eigenvalue weighted by Gasteiger charge is 2.17. The summed E-state index contributed by atoms with van der Waals surface area (Å²) in [5.74, 6) is 1.78. The largest absolute Gasteiger partial charge is 0.326 e. The Morgan fingerprint density at radius 2 is 1.83 bits per heavy atom. The van der Waals surface area contributed by atoms with Crippen molar-refractivity contribution < 1.29 is 0 Å². The first-order chi connectivity index (χ1) is 11.1. The number of imidazole rings is 1. The molecule has 9 heteroatoms. The predicted molar refractivity (Wildman–Crippen MR) is 82.8 cm³/mol. The lowest BCUT2D eigenvalue weighted by Crippen LogP contribution is -2.02. The van der Waals surface area contributed by atoms with Gasteiger partial charge < -0.3 is 4.98 Å². The predicted octanol–water partition coefficient (Wildman–Crippen LogP) is 1.69. The van der Waals surface area contributed by atoms with Crippen molar-refractivity contribution in [2.75, 3.05) is 0 Å². The van der Waals surface area contributed by atoms with Crippen LogP contribution in [0, 0.1) is 0 Å². The average Bonchev–Trinajstić information content (AvgIpc) is 3.18. The number of aromatic amines is 2. The van der Waals surface area contributed by atoms with Crippen LogP contribution in [0.3, 0.4) is 0 Å². The summed E-state index contributed by atoms with van der Waals surface area (Å²) in [6, 6.07) is 0. The molecule has 0 bridgehead atoms. The van der Waals surface area contributed by atoms with Crippen LogP contribution >= 0.6 is 0 Å². The minimum Gasteiger partial charge on any atom is -0.326 e. The lowest BCUT2D eigenvalue weighted by Gasteiger charge is -2.06. The van der Waals surface area contributed by atoms with Crippen LogP contribution in [0.15, 0.2) is 12.4 Å². The molecule has 4 aromatic heterocycles. The zero-order valence-electron chi connectivity index (χ0n) is 12.9. The normalized spacial score (nSPS) is 13.2. The molecule has 0 aliphatic carbocycles. The number of H-pyrrole nitrogens is 2. The summed E-state index contributed by atoms with van der Waals surface area (Å²) in [6.45, 7) is 6.13. The molecule has 4 heterocycles. The number of hydrogen-bond acceptors (Lipinski definition) is 7. The molecule has 1 atom stereocenters. The second kappa shape index (κ2) is 5.04. The molecule has 0 saturated heterocycles. The van der Waals surface area contributed by atoms with Crippen LogP contribution in [-0.2, 0) is 0 Å². The van der Waals surface area contributed by atoms with Gasteiger partial charge in [0.15, 0.2) is 11.3 Å². The van der Waals surface area contributed by atoms with Crippen molar-refractivity contribution in [3.8, 4) is 0 Å². The topological polar surface area (TPSA) is 122 Å². The third-order valence-corrected chi connectivity index (χ3v) is 3.72. The maximum Gasteiger partial charge on any atom is 0.220 e. The second-order valence-electron chi connectivity index (χ2n) is 5.74. The third-order valence-electron chi connectivity index (χ3n) is 3.72. The quantitative estimate of drug-likeness (QED) is 0.590. The van der Waals surface area contributed by atoms with Gasteiger partial charge in [0.05, 0.1) is 24.0 Å². The van der Waals surface area contributed by atoms with Crippen molar-refractivity contribution >= 4 is 22.5 Å². The van der Waals surface area contributed by atoms with E-state index in [0.29, 0.717) is 11.3 Å². The minimum atomic E-state index is -0.0631. The Morgan fingerprint density at radius 1 is 0.957 bits per heavy atom. The van der Waals surface area contributed by atoms with Gasteiger partial charge in [0.25, 0.3) is 0 Å². The van der Waals surface area contributed by atoms with Crippen LogP contribution in [-0.4, -0.2) is 45.3 Å². The van der Waals surface area contributed by atoms with Gasteiger partial charge in [-0.05, 0) is 6.92 Å². The molecule has 4 aromatic rings. The standard InChI is InChI=1S/C14H15N9/c1-6(2)10-15-5-9-12(19-10)20-11(18-9)7(3)8-4-16-13-14(17-8)22-23-21-13/h4-7H,1-3H3,(H,15,18,19,20)(H,16,17,21,22,23). The van der Waals surface area contributed by atoms with Gasteiger partial charge in [0.2, 0.25) is 5.65 Å².